The highest BCUT2D eigenvalue weighted by molar-refractivity contribution is 7.89. The molecular formula is C20H23FN2O3S. The monoisotopic (exact) mass is 390 g/mol. The van der Waals surface area contributed by atoms with E-state index >= 15 is 0 Å². The summed E-state index contributed by atoms with van der Waals surface area (Å²) < 4.78 is 39.1. The topological polar surface area (TPSA) is 66.5 Å². The van der Waals surface area contributed by atoms with E-state index in [1.165, 1.54) is 34.6 Å². The molecule has 144 valence electrons. The first kappa shape index (κ1) is 20.8. The number of hydrogen-bond donors (Lipinski definition) is 1. The van der Waals surface area contributed by atoms with Crippen molar-refractivity contribution in [2.45, 2.75) is 24.7 Å². The third kappa shape index (κ3) is 6.01. The Balaban J connectivity index is 2.00. The van der Waals surface area contributed by atoms with Crippen LogP contribution in [0.15, 0.2) is 59.5 Å². The van der Waals surface area contributed by atoms with Gasteiger partial charge in [0, 0.05) is 25.4 Å². The van der Waals surface area contributed by atoms with Crippen LogP contribution in [0.4, 0.5) is 10.1 Å². The molecular weight excluding hydrogens is 367 g/mol. The maximum Gasteiger partial charge on any atom is 0.248 e. The molecule has 0 saturated heterocycles. The lowest BCUT2D eigenvalue weighted by Gasteiger charge is -2.17. The molecule has 7 heteroatoms. The summed E-state index contributed by atoms with van der Waals surface area (Å²) in [6, 6.07) is 11.8. The first-order valence-corrected chi connectivity index (χ1v) is 10.1. The Morgan fingerprint density at radius 3 is 2.33 bits per heavy atom. The van der Waals surface area contributed by atoms with E-state index in [4.69, 9.17) is 0 Å². The molecule has 0 fully saturated rings. The summed E-state index contributed by atoms with van der Waals surface area (Å²) >= 11 is 0. The molecule has 0 heterocycles. The maximum atomic E-state index is 12.9. The number of halogens is 1. The van der Waals surface area contributed by atoms with E-state index < -0.39 is 10.0 Å². The zero-order valence-electron chi connectivity index (χ0n) is 15.4. The molecule has 0 saturated carbocycles. The highest BCUT2D eigenvalue weighted by atomic mass is 32.2. The molecule has 2 aromatic carbocycles. The van der Waals surface area contributed by atoms with Crippen molar-refractivity contribution < 1.29 is 17.6 Å². The second kappa shape index (κ2) is 9.43. The number of benzene rings is 2. The van der Waals surface area contributed by atoms with Gasteiger partial charge in [-0.25, -0.2) is 17.1 Å². The van der Waals surface area contributed by atoms with Gasteiger partial charge in [-0.2, -0.15) is 0 Å². The number of nitrogens with zero attached hydrogens (tertiary/aromatic N) is 1. The van der Waals surface area contributed by atoms with Gasteiger partial charge in [0.05, 0.1) is 4.90 Å². The Labute approximate surface area is 159 Å². The quantitative estimate of drug-likeness (QED) is 0.695. The van der Waals surface area contributed by atoms with Crippen molar-refractivity contribution in [3.05, 3.63) is 66.0 Å². The predicted molar refractivity (Wildman–Crippen MR) is 105 cm³/mol. The van der Waals surface area contributed by atoms with Crippen molar-refractivity contribution in [1.29, 1.82) is 0 Å². The SMILES string of the molecule is CCCCN(C)S(=O)(=O)c1ccc(NC(=O)/C=C/c2ccc(F)cc2)cc1. The van der Waals surface area contributed by atoms with E-state index in [-0.39, 0.29) is 16.6 Å². The van der Waals surface area contributed by atoms with E-state index in [9.17, 15) is 17.6 Å². The van der Waals surface area contributed by atoms with Crippen molar-refractivity contribution in [2.24, 2.45) is 0 Å². The van der Waals surface area contributed by atoms with E-state index in [0.29, 0.717) is 17.8 Å². The van der Waals surface area contributed by atoms with Crippen LogP contribution in [0.5, 0.6) is 0 Å². The molecule has 0 atom stereocenters. The average Bonchev–Trinajstić information content (AvgIpc) is 2.66. The summed E-state index contributed by atoms with van der Waals surface area (Å²) in [5.41, 5.74) is 1.18. The van der Waals surface area contributed by atoms with Gasteiger partial charge in [-0.15, -0.1) is 0 Å². The zero-order chi connectivity index (χ0) is 19.9. The molecule has 0 spiro atoms. The fourth-order valence-corrected chi connectivity index (χ4v) is 3.53. The summed E-state index contributed by atoms with van der Waals surface area (Å²) in [6.45, 7) is 2.47. The van der Waals surface area contributed by atoms with Crippen LogP contribution in [0.25, 0.3) is 6.08 Å². The molecule has 1 N–H and O–H groups in total. The highest BCUT2D eigenvalue weighted by Gasteiger charge is 2.19. The minimum Gasteiger partial charge on any atom is -0.323 e. The average molecular weight is 390 g/mol. The molecule has 0 aliphatic heterocycles. The van der Waals surface area contributed by atoms with Gasteiger partial charge >= 0.3 is 0 Å². The molecule has 2 aromatic rings. The first-order valence-electron chi connectivity index (χ1n) is 8.64. The molecule has 0 aliphatic carbocycles. The molecule has 1 amide bonds. The second-order valence-corrected chi connectivity index (χ2v) is 8.12. The van der Waals surface area contributed by atoms with E-state index in [0.717, 1.165) is 12.8 Å². The number of unbranched alkanes of at least 4 members (excludes halogenated alkanes) is 1. The van der Waals surface area contributed by atoms with Crippen molar-refractivity contribution in [1.82, 2.24) is 4.31 Å². The lowest BCUT2D eigenvalue weighted by Crippen LogP contribution is -2.27. The molecule has 0 unspecified atom stereocenters. The van der Waals surface area contributed by atoms with Crippen LogP contribution in [-0.2, 0) is 14.8 Å². The van der Waals surface area contributed by atoms with Gasteiger partial charge in [0.2, 0.25) is 15.9 Å². The van der Waals surface area contributed by atoms with Crippen LogP contribution in [0.3, 0.4) is 0 Å². The van der Waals surface area contributed by atoms with Crippen LogP contribution < -0.4 is 5.32 Å². The summed E-state index contributed by atoms with van der Waals surface area (Å²) in [7, 11) is -1.97. The van der Waals surface area contributed by atoms with Crippen LogP contribution in [0.2, 0.25) is 0 Å². The fraction of sp³-hybridized carbons (Fsp3) is 0.250. The first-order chi connectivity index (χ1) is 12.8. The third-order valence-electron chi connectivity index (χ3n) is 3.95. The molecule has 0 aliphatic rings. The Morgan fingerprint density at radius 1 is 1.11 bits per heavy atom. The highest BCUT2D eigenvalue weighted by Crippen LogP contribution is 2.18. The summed E-state index contributed by atoms with van der Waals surface area (Å²) in [4.78, 5) is 12.1. The molecule has 0 bridgehead atoms. The van der Waals surface area contributed by atoms with Crippen LogP contribution in [-0.4, -0.2) is 32.2 Å². The minimum absolute atomic E-state index is 0.181. The van der Waals surface area contributed by atoms with Crippen molar-refractivity contribution in [3.8, 4) is 0 Å². The zero-order valence-corrected chi connectivity index (χ0v) is 16.2. The van der Waals surface area contributed by atoms with Gasteiger partial charge in [-0.3, -0.25) is 4.79 Å². The standard InChI is InChI=1S/C20H23FN2O3S/c1-3-4-15-23(2)27(25,26)19-12-10-18(11-13-19)22-20(24)14-7-16-5-8-17(21)9-6-16/h5-14H,3-4,15H2,1-2H3,(H,22,24)/b14-7+. The summed E-state index contributed by atoms with van der Waals surface area (Å²) in [5, 5.41) is 2.66. The van der Waals surface area contributed by atoms with Gasteiger partial charge in [-0.05, 0) is 54.5 Å². The van der Waals surface area contributed by atoms with Crippen LogP contribution in [0.1, 0.15) is 25.3 Å². The minimum atomic E-state index is -3.53. The number of rotatable bonds is 8. The van der Waals surface area contributed by atoms with Gasteiger partial charge in [0.25, 0.3) is 0 Å². The van der Waals surface area contributed by atoms with Crippen molar-refractivity contribution >= 4 is 27.7 Å². The molecule has 0 radical (unpaired) electrons. The second-order valence-electron chi connectivity index (χ2n) is 6.08. The van der Waals surface area contributed by atoms with Gasteiger partial charge in [0.15, 0.2) is 0 Å². The third-order valence-corrected chi connectivity index (χ3v) is 5.82. The largest absolute Gasteiger partial charge is 0.323 e. The Morgan fingerprint density at radius 2 is 1.74 bits per heavy atom. The van der Waals surface area contributed by atoms with E-state index in [1.807, 2.05) is 6.92 Å². The lowest BCUT2D eigenvalue weighted by molar-refractivity contribution is -0.111. The number of carbonyl (C=O) groups is 1. The fourth-order valence-electron chi connectivity index (χ4n) is 2.32. The van der Waals surface area contributed by atoms with Crippen molar-refractivity contribution in [3.63, 3.8) is 0 Å². The van der Waals surface area contributed by atoms with E-state index in [2.05, 4.69) is 5.32 Å². The van der Waals surface area contributed by atoms with Crippen molar-refractivity contribution in [2.75, 3.05) is 18.9 Å². The number of carbonyl (C=O) groups excluding carboxylic acids is 1. The number of sulfonamides is 1. The maximum absolute atomic E-state index is 12.9. The molecule has 0 aromatic heterocycles. The molecule has 5 nitrogen and oxygen atoms in total. The van der Waals surface area contributed by atoms with Gasteiger partial charge in [0.1, 0.15) is 5.82 Å². The molecule has 27 heavy (non-hydrogen) atoms. The number of amides is 1. The Kier molecular flexibility index (Phi) is 7.27. The predicted octanol–water partition coefficient (Wildman–Crippen LogP) is 3.90. The number of hydrogen-bond acceptors (Lipinski definition) is 3. The summed E-state index contributed by atoms with van der Waals surface area (Å²) in [6.07, 6.45) is 4.60. The van der Waals surface area contributed by atoms with E-state index in [1.54, 1.807) is 37.4 Å². The molecule has 2 rings (SSSR count). The Bertz CT molecular complexity index is 892. The smallest absolute Gasteiger partial charge is 0.248 e. The summed E-state index contributed by atoms with van der Waals surface area (Å²) in [5.74, 6) is -0.707. The number of anilines is 1. The number of nitrogens with one attached hydrogen (secondary N) is 1. The van der Waals surface area contributed by atoms with Gasteiger partial charge < -0.3 is 5.32 Å². The Hall–Kier alpha value is -2.51. The van der Waals surface area contributed by atoms with Crippen LogP contribution in [0, 0.1) is 5.82 Å². The van der Waals surface area contributed by atoms with Crippen LogP contribution >= 0.6 is 0 Å². The normalized spacial score (nSPS) is 11.9. The lowest BCUT2D eigenvalue weighted by atomic mass is 10.2. The van der Waals surface area contributed by atoms with Gasteiger partial charge in [-0.1, -0.05) is 25.5 Å².